The molecule has 110 valence electrons. The van der Waals surface area contributed by atoms with Gasteiger partial charge in [0.1, 0.15) is 15.9 Å². The van der Waals surface area contributed by atoms with Crippen molar-refractivity contribution in [3.8, 4) is 0 Å². The van der Waals surface area contributed by atoms with E-state index in [0.717, 1.165) is 0 Å². The molecule has 2 N–H and O–H groups in total. The molecule has 1 atom stereocenters. The van der Waals surface area contributed by atoms with Crippen molar-refractivity contribution in [2.75, 3.05) is 11.5 Å². The van der Waals surface area contributed by atoms with E-state index in [1.54, 1.807) is 6.07 Å². The zero-order chi connectivity index (χ0) is 15.2. The van der Waals surface area contributed by atoms with Gasteiger partial charge in [-0.15, -0.1) is 0 Å². The van der Waals surface area contributed by atoms with Crippen LogP contribution >= 0.6 is 0 Å². The Balaban J connectivity index is 2.69. The fourth-order valence-electron chi connectivity index (χ4n) is 1.44. The second kappa shape index (κ2) is 6.99. The Morgan fingerprint density at radius 3 is 2.65 bits per heavy atom. The molecule has 20 heavy (non-hydrogen) atoms. The monoisotopic (exact) mass is 300 g/mol. The van der Waals surface area contributed by atoms with Gasteiger partial charge in [-0.2, -0.15) is 0 Å². The van der Waals surface area contributed by atoms with Gasteiger partial charge in [-0.05, 0) is 18.6 Å². The van der Waals surface area contributed by atoms with Gasteiger partial charge >= 0.3 is 5.97 Å². The highest BCUT2D eigenvalue weighted by molar-refractivity contribution is 7.91. The number of carboxylic acids is 1. The lowest BCUT2D eigenvalue weighted by Crippen LogP contribution is -2.42. The van der Waals surface area contributed by atoms with Crippen molar-refractivity contribution < 1.29 is 23.1 Å². The van der Waals surface area contributed by atoms with Crippen LogP contribution in [0.2, 0.25) is 0 Å². The molecule has 1 amide bonds. The smallest absolute Gasteiger partial charge is 0.326 e. The van der Waals surface area contributed by atoms with Gasteiger partial charge in [0.15, 0.2) is 0 Å². The number of rotatable bonds is 7. The van der Waals surface area contributed by atoms with Gasteiger partial charge < -0.3 is 10.4 Å². The molecule has 1 heterocycles. The first kappa shape index (κ1) is 16.1. The zero-order valence-corrected chi connectivity index (χ0v) is 11.8. The van der Waals surface area contributed by atoms with Gasteiger partial charge in [0, 0.05) is 18.1 Å². The first-order valence-electron chi connectivity index (χ1n) is 6.00. The molecule has 0 saturated carbocycles. The van der Waals surface area contributed by atoms with Gasteiger partial charge in [0.05, 0.1) is 11.3 Å². The van der Waals surface area contributed by atoms with Crippen molar-refractivity contribution in [2.24, 2.45) is 0 Å². The Morgan fingerprint density at radius 2 is 2.15 bits per heavy atom. The van der Waals surface area contributed by atoms with Crippen LogP contribution in [0.3, 0.4) is 0 Å². The number of aromatic nitrogens is 1. The summed E-state index contributed by atoms with van der Waals surface area (Å²) in [4.78, 5) is 26.6. The summed E-state index contributed by atoms with van der Waals surface area (Å²) in [5.41, 5.74) is 0.220. The Labute approximate surface area is 116 Å². The summed E-state index contributed by atoms with van der Waals surface area (Å²) in [6.07, 6.45) is 2.62. The lowest BCUT2D eigenvalue weighted by Gasteiger charge is -2.14. The van der Waals surface area contributed by atoms with E-state index in [-0.39, 0.29) is 23.5 Å². The van der Waals surface area contributed by atoms with Crippen LogP contribution in [0.25, 0.3) is 0 Å². The van der Waals surface area contributed by atoms with E-state index in [2.05, 4.69) is 10.3 Å². The molecule has 7 nitrogen and oxygen atoms in total. The van der Waals surface area contributed by atoms with Crippen LogP contribution < -0.4 is 5.32 Å². The van der Waals surface area contributed by atoms with Crippen molar-refractivity contribution in [1.82, 2.24) is 10.3 Å². The molecule has 1 aromatic rings. The van der Waals surface area contributed by atoms with Crippen molar-refractivity contribution in [1.29, 1.82) is 0 Å². The van der Waals surface area contributed by atoms with Gasteiger partial charge in [-0.25, -0.2) is 13.2 Å². The summed E-state index contributed by atoms with van der Waals surface area (Å²) < 4.78 is 22.7. The molecular formula is C12H16N2O5S. The molecule has 0 spiro atoms. The average molecular weight is 300 g/mol. The molecule has 1 rings (SSSR count). The second-order valence-corrected chi connectivity index (χ2v) is 6.60. The normalized spacial score (nSPS) is 12.7. The maximum absolute atomic E-state index is 11.8. The molecule has 0 bridgehead atoms. The first-order valence-corrected chi connectivity index (χ1v) is 7.82. The topological polar surface area (TPSA) is 113 Å². The van der Waals surface area contributed by atoms with Gasteiger partial charge in [-0.3, -0.25) is 9.78 Å². The minimum absolute atomic E-state index is 0.0596. The number of carbonyl (C=O) groups excluding carboxylic acids is 1. The van der Waals surface area contributed by atoms with Crippen molar-refractivity contribution in [3.63, 3.8) is 0 Å². The lowest BCUT2D eigenvalue weighted by atomic mass is 10.2. The number of aliphatic carboxylic acids is 1. The minimum atomic E-state index is -3.28. The number of carbonyl (C=O) groups is 2. The van der Waals surface area contributed by atoms with Crippen LogP contribution in [-0.2, 0) is 14.6 Å². The Morgan fingerprint density at radius 1 is 1.45 bits per heavy atom. The Kier molecular flexibility index (Phi) is 5.63. The molecular weight excluding hydrogens is 284 g/mol. The SMILES string of the molecule is CCS(=O)(=O)CCC(NC(=O)c1cccnc1)C(=O)O. The summed E-state index contributed by atoms with van der Waals surface area (Å²) in [6.45, 7) is 1.49. The maximum Gasteiger partial charge on any atom is 0.326 e. The molecule has 0 aliphatic carbocycles. The highest BCUT2D eigenvalue weighted by atomic mass is 32.2. The number of carboxylic acid groups (broad SMARTS) is 1. The molecule has 0 radical (unpaired) electrons. The number of hydrogen-bond acceptors (Lipinski definition) is 5. The molecule has 1 unspecified atom stereocenters. The number of hydrogen-bond donors (Lipinski definition) is 2. The third-order valence-electron chi connectivity index (χ3n) is 2.68. The van der Waals surface area contributed by atoms with Crippen LogP contribution in [-0.4, -0.2) is 47.9 Å². The van der Waals surface area contributed by atoms with E-state index in [4.69, 9.17) is 5.11 Å². The molecule has 0 aliphatic rings. The third kappa shape index (κ3) is 4.96. The summed E-state index contributed by atoms with van der Waals surface area (Å²) >= 11 is 0. The quantitative estimate of drug-likeness (QED) is 0.737. The van der Waals surface area contributed by atoms with E-state index < -0.39 is 27.8 Å². The van der Waals surface area contributed by atoms with E-state index in [0.29, 0.717) is 0 Å². The standard InChI is InChI=1S/C12H16N2O5S/c1-2-20(18,19)7-5-10(12(16)17)14-11(15)9-4-3-6-13-8-9/h3-4,6,8,10H,2,5,7H2,1H3,(H,14,15)(H,16,17). The van der Waals surface area contributed by atoms with E-state index in [1.165, 1.54) is 25.4 Å². The number of nitrogens with zero attached hydrogens (tertiary/aromatic N) is 1. The first-order chi connectivity index (χ1) is 9.35. The molecule has 1 aromatic heterocycles. The highest BCUT2D eigenvalue weighted by Crippen LogP contribution is 2.02. The van der Waals surface area contributed by atoms with Crippen molar-refractivity contribution in [3.05, 3.63) is 30.1 Å². The van der Waals surface area contributed by atoms with E-state index in [1.807, 2.05) is 0 Å². The summed E-state index contributed by atoms with van der Waals surface area (Å²) in [7, 11) is -3.28. The van der Waals surface area contributed by atoms with Crippen LogP contribution in [0.5, 0.6) is 0 Å². The van der Waals surface area contributed by atoms with Gasteiger partial charge in [-0.1, -0.05) is 6.92 Å². The Bertz CT molecular complexity index is 571. The van der Waals surface area contributed by atoms with Crippen molar-refractivity contribution in [2.45, 2.75) is 19.4 Å². The summed E-state index contributed by atoms with van der Waals surface area (Å²) in [5.74, 6) is -2.21. The lowest BCUT2D eigenvalue weighted by molar-refractivity contribution is -0.139. The van der Waals surface area contributed by atoms with Gasteiger partial charge in [0.2, 0.25) is 0 Å². The molecule has 0 saturated heterocycles. The number of amides is 1. The third-order valence-corrected chi connectivity index (χ3v) is 4.42. The van der Waals surface area contributed by atoms with E-state index in [9.17, 15) is 18.0 Å². The van der Waals surface area contributed by atoms with E-state index >= 15 is 0 Å². The number of nitrogens with one attached hydrogen (secondary N) is 1. The largest absolute Gasteiger partial charge is 0.480 e. The summed E-state index contributed by atoms with van der Waals surface area (Å²) in [5, 5.41) is 11.3. The number of pyridine rings is 1. The predicted molar refractivity (Wildman–Crippen MR) is 72.1 cm³/mol. The Hall–Kier alpha value is -1.96. The molecule has 0 aliphatic heterocycles. The zero-order valence-electron chi connectivity index (χ0n) is 10.9. The van der Waals surface area contributed by atoms with Crippen molar-refractivity contribution >= 4 is 21.7 Å². The fraction of sp³-hybridized carbons (Fsp3) is 0.417. The number of sulfone groups is 1. The minimum Gasteiger partial charge on any atom is -0.480 e. The molecule has 8 heteroatoms. The second-order valence-electron chi connectivity index (χ2n) is 4.13. The van der Waals surface area contributed by atoms with Gasteiger partial charge in [0.25, 0.3) is 5.91 Å². The van der Waals surface area contributed by atoms with Crippen LogP contribution in [0.15, 0.2) is 24.5 Å². The maximum atomic E-state index is 11.8. The average Bonchev–Trinajstić information content (AvgIpc) is 2.43. The molecule has 0 fully saturated rings. The fourth-order valence-corrected chi connectivity index (χ4v) is 2.32. The van der Waals surface area contributed by atoms with Crippen LogP contribution in [0.4, 0.5) is 0 Å². The predicted octanol–water partition coefficient (Wildman–Crippen LogP) is 0.0894. The van der Waals surface area contributed by atoms with Crippen LogP contribution in [0.1, 0.15) is 23.7 Å². The van der Waals surface area contributed by atoms with Crippen LogP contribution in [0, 0.1) is 0 Å². The highest BCUT2D eigenvalue weighted by Gasteiger charge is 2.23. The summed E-state index contributed by atoms with van der Waals surface area (Å²) in [6, 6.07) is 1.79. The molecule has 0 aromatic carbocycles.